The van der Waals surface area contributed by atoms with E-state index in [2.05, 4.69) is 156 Å². The summed E-state index contributed by atoms with van der Waals surface area (Å²) in [6.45, 7) is 12.0. The maximum Gasteiger partial charge on any atom is 0.261 e. The van der Waals surface area contributed by atoms with E-state index in [4.69, 9.17) is 14.2 Å². The van der Waals surface area contributed by atoms with E-state index < -0.39 is 8.32 Å². The van der Waals surface area contributed by atoms with Crippen LogP contribution in [0.3, 0.4) is 0 Å². The Hall–Kier alpha value is -3.73. The highest BCUT2D eigenvalue weighted by molar-refractivity contribution is 6.99. The van der Waals surface area contributed by atoms with Crippen LogP contribution in [0.15, 0.2) is 120 Å². The molecule has 49 heavy (non-hydrogen) atoms. The number of methoxy groups -OCH3 is 1. The molecule has 3 nitrogen and oxygen atoms in total. The maximum atomic E-state index is 8.14. The Balaban J connectivity index is 1.33. The molecule has 0 unspecified atom stereocenters. The Morgan fingerprint density at radius 1 is 0.857 bits per heavy atom. The average molecular weight is 668 g/mol. The normalized spacial score (nSPS) is 27.0. The first-order chi connectivity index (χ1) is 23.6. The predicted molar refractivity (Wildman–Crippen MR) is 208 cm³/mol. The molecule has 0 aliphatic heterocycles. The molecule has 254 valence electrons. The third-order valence-corrected chi connectivity index (χ3v) is 17.3. The van der Waals surface area contributed by atoms with Crippen LogP contribution in [0.4, 0.5) is 0 Å². The zero-order valence-corrected chi connectivity index (χ0v) is 31.2. The molecule has 0 saturated heterocycles. The van der Waals surface area contributed by atoms with Gasteiger partial charge in [0.15, 0.2) is 0 Å². The number of hydrogen-bond acceptors (Lipinski definition) is 3. The molecule has 3 aliphatic carbocycles. The highest BCUT2D eigenvalue weighted by Gasteiger charge is 2.62. The minimum absolute atomic E-state index is 0.0165. The summed E-state index contributed by atoms with van der Waals surface area (Å²) in [6, 6.07) is 39.9. The van der Waals surface area contributed by atoms with Gasteiger partial charge >= 0.3 is 0 Å². The summed E-state index contributed by atoms with van der Waals surface area (Å²) in [5.41, 5.74) is 5.44. The third kappa shape index (κ3) is 6.16. The molecular weight excluding hydrogens is 615 g/mol. The Bertz CT molecular complexity index is 1750. The maximum absolute atomic E-state index is 8.14. The minimum Gasteiger partial charge on any atom is -0.497 e. The summed E-state index contributed by atoms with van der Waals surface area (Å²) >= 11 is 0. The van der Waals surface area contributed by atoms with Crippen LogP contribution in [0.5, 0.6) is 5.75 Å². The first-order valence-corrected chi connectivity index (χ1v) is 20.3. The molecule has 4 heteroatoms. The van der Waals surface area contributed by atoms with Gasteiger partial charge in [0.25, 0.3) is 8.32 Å². The van der Waals surface area contributed by atoms with Crippen molar-refractivity contribution in [1.82, 2.24) is 0 Å². The van der Waals surface area contributed by atoms with Gasteiger partial charge in [-0.05, 0) is 112 Å². The SMILES string of the molecule is COc1ccc2c(c1)CC[C@@H]1[C@@H]2CC[C@@]2(C)[C@H]1C[C@H](N=C/C(C)=C/c1ccccc1)[C@@H]2O[Si](c1ccccc1)(c1ccccc1)C(C)(C)C. The molecule has 4 aromatic carbocycles. The van der Waals surface area contributed by atoms with Crippen molar-refractivity contribution in [1.29, 1.82) is 0 Å². The van der Waals surface area contributed by atoms with Crippen molar-refractivity contribution in [2.45, 2.75) is 89.8 Å². The Morgan fingerprint density at radius 3 is 2.10 bits per heavy atom. The van der Waals surface area contributed by atoms with Crippen molar-refractivity contribution in [3.05, 3.63) is 131 Å². The van der Waals surface area contributed by atoms with E-state index in [1.807, 2.05) is 0 Å². The van der Waals surface area contributed by atoms with Crippen LogP contribution in [0.2, 0.25) is 5.04 Å². The van der Waals surface area contributed by atoms with E-state index >= 15 is 0 Å². The van der Waals surface area contributed by atoms with Gasteiger partial charge in [0, 0.05) is 6.21 Å². The Labute approximate surface area is 295 Å². The molecule has 2 saturated carbocycles. The highest BCUT2D eigenvalue weighted by atomic mass is 28.4. The number of benzene rings is 4. The van der Waals surface area contributed by atoms with Crippen molar-refractivity contribution in [2.24, 2.45) is 22.2 Å². The molecule has 7 rings (SSSR count). The number of ether oxygens (including phenoxy) is 1. The summed E-state index contributed by atoms with van der Waals surface area (Å²) in [6.07, 6.45) is 10.2. The zero-order valence-electron chi connectivity index (χ0n) is 30.2. The van der Waals surface area contributed by atoms with Crippen molar-refractivity contribution >= 4 is 31.0 Å². The Kier molecular flexibility index (Phi) is 9.32. The molecule has 0 aromatic heterocycles. The molecule has 6 atom stereocenters. The van der Waals surface area contributed by atoms with E-state index in [-0.39, 0.29) is 22.6 Å². The van der Waals surface area contributed by atoms with Gasteiger partial charge < -0.3 is 9.16 Å². The van der Waals surface area contributed by atoms with E-state index in [0.717, 1.165) is 25.0 Å². The van der Waals surface area contributed by atoms with Gasteiger partial charge in [0.05, 0.1) is 19.3 Å². The molecule has 4 aromatic rings. The molecule has 3 aliphatic rings. The van der Waals surface area contributed by atoms with Crippen molar-refractivity contribution in [3.63, 3.8) is 0 Å². The summed E-state index contributed by atoms with van der Waals surface area (Å²) in [7, 11) is -1.03. The average Bonchev–Trinajstić information content (AvgIpc) is 3.40. The lowest BCUT2D eigenvalue weighted by molar-refractivity contribution is -0.0173. The number of rotatable bonds is 8. The fraction of sp³-hybridized carbons (Fsp3) is 0.400. The Morgan fingerprint density at radius 2 is 1.49 bits per heavy atom. The van der Waals surface area contributed by atoms with E-state index in [1.54, 1.807) is 12.7 Å². The van der Waals surface area contributed by atoms with Crippen molar-refractivity contribution < 1.29 is 9.16 Å². The van der Waals surface area contributed by atoms with E-state index in [0.29, 0.717) is 17.8 Å². The first kappa shape index (κ1) is 33.7. The molecule has 0 N–H and O–H groups in total. The van der Waals surface area contributed by atoms with Crippen LogP contribution < -0.4 is 15.1 Å². The fourth-order valence-corrected chi connectivity index (χ4v) is 14.8. The topological polar surface area (TPSA) is 30.8 Å². The quantitative estimate of drug-likeness (QED) is 0.138. The van der Waals surface area contributed by atoms with Gasteiger partial charge in [-0.2, -0.15) is 0 Å². The van der Waals surface area contributed by atoms with E-state index in [9.17, 15) is 0 Å². The standard InChI is InChI=1S/C45H53NO2Si/c1-32(28-33-16-10-7-11-17-33)31-46-42-30-41-40-24-22-34-29-35(47-6)23-25-38(34)39(40)26-27-45(41,5)43(42)48-49(44(2,3)4,36-18-12-8-13-19-36)37-20-14-9-15-21-37/h7-21,23,25,28-29,31,39-43H,22,24,26-27,30H2,1-6H3/b32-28+,46-31?/t39-,40-,41+,42+,43+,45+/m1/s1. The van der Waals surface area contributed by atoms with Gasteiger partial charge in [-0.3, -0.25) is 4.99 Å². The molecule has 2 fully saturated rings. The van der Waals surface area contributed by atoms with Gasteiger partial charge in [-0.25, -0.2) is 0 Å². The lowest BCUT2D eigenvalue weighted by Gasteiger charge is -2.53. The van der Waals surface area contributed by atoms with Crippen LogP contribution in [-0.4, -0.2) is 33.8 Å². The van der Waals surface area contributed by atoms with Crippen molar-refractivity contribution in [3.8, 4) is 5.75 Å². The minimum atomic E-state index is -2.81. The van der Waals surface area contributed by atoms with Gasteiger partial charge in [0.1, 0.15) is 5.75 Å². The van der Waals surface area contributed by atoms with Crippen LogP contribution >= 0.6 is 0 Å². The second-order valence-electron chi connectivity index (χ2n) is 16.1. The largest absolute Gasteiger partial charge is 0.497 e. The number of aliphatic imine (C=N–C) groups is 1. The summed E-state index contributed by atoms with van der Waals surface area (Å²) in [5, 5.41) is 2.59. The monoisotopic (exact) mass is 667 g/mol. The highest BCUT2D eigenvalue weighted by Crippen LogP contribution is 2.63. The molecule has 0 spiro atoms. The third-order valence-electron chi connectivity index (χ3n) is 12.3. The molecule has 0 heterocycles. The van der Waals surface area contributed by atoms with Crippen LogP contribution in [0.1, 0.15) is 82.9 Å². The predicted octanol–water partition coefficient (Wildman–Crippen LogP) is 9.65. The van der Waals surface area contributed by atoms with Gasteiger partial charge in [-0.1, -0.05) is 131 Å². The number of nitrogens with zero attached hydrogens (tertiary/aromatic N) is 1. The molecule has 0 radical (unpaired) electrons. The second-order valence-corrected chi connectivity index (χ2v) is 20.4. The summed E-state index contributed by atoms with van der Waals surface area (Å²) in [5.74, 6) is 2.74. The fourth-order valence-electron chi connectivity index (χ4n) is 9.95. The van der Waals surface area contributed by atoms with Crippen molar-refractivity contribution in [2.75, 3.05) is 7.11 Å². The number of fused-ring (bicyclic) bond motifs is 5. The lowest BCUT2D eigenvalue weighted by atomic mass is 9.55. The van der Waals surface area contributed by atoms with Crippen LogP contribution in [-0.2, 0) is 10.8 Å². The summed E-state index contributed by atoms with van der Waals surface area (Å²) in [4.78, 5) is 5.52. The number of aryl methyl sites for hydroxylation is 1. The summed E-state index contributed by atoms with van der Waals surface area (Å²) < 4.78 is 13.8. The lowest BCUT2D eigenvalue weighted by Crippen LogP contribution is -2.69. The molecular formula is C45H53NO2Si. The molecule has 0 bridgehead atoms. The number of hydrogen-bond donors (Lipinski definition) is 0. The molecule has 0 amide bonds. The van der Waals surface area contributed by atoms with Crippen LogP contribution in [0.25, 0.3) is 6.08 Å². The van der Waals surface area contributed by atoms with Crippen LogP contribution in [0, 0.1) is 17.3 Å². The zero-order chi connectivity index (χ0) is 34.2. The smallest absolute Gasteiger partial charge is 0.261 e. The van der Waals surface area contributed by atoms with Gasteiger partial charge in [0.2, 0.25) is 0 Å². The first-order valence-electron chi connectivity index (χ1n) is 18.4. The number of allylic oxidation sites excluding steroid dienone is 1. The van der Waals surface area contributed by atoms with E-state index in [1.165, 1.54) is 39.9 Å². The van der Waals surface area contributed by atoms with Gasteiger partial charge in [-0.15, -0.1) is 0 Å². The second kappa shape index (κ2) is 13.5.